The van der Waals surface area contributed by atoms with Crippen molar-refractivity contribution in [3.05, 3.63) is 54.1 Å². The third kappa shape index (κ3) is 4.73. The second kappa shape index (κ2) is 8.98. The van der Waals surface area contributed by atoms with E-state index in [1.807, 2.05) is 18.2 Å². The number of phenols is 1. The monoisotopic (exact) mass is 371 g/mol. The number of aromatic hydroxyl groups is 1. The molecule has 6 heteroatoms. The smallest absolute Gasteiger partial charge is 0.253 e. The van der Waals surface area contributed by atoms with Gasteiger partial charge < -0.3 is 24.2 Å². The van der Waals surface area contributed by atoms with Gasteiger partial charge in [-0.05, 0) is 47.9 Å². The van der Waals surface area contributed by atoms with Gasteiger partial charge in [0.2, 0.25) is 0 Å². The van der Waals surface area contributed by atoms with Gasteiger partial charge in [0.05, 0.1) is 21.3 Å². The zero-order valence-corrected chi connectivity index (χ0v) is 16.1. The van der Waals surface area contributed by atoms with Crippen molar-refractivity contribution in [3.8, 4) is 23.0 Å². The lowest BCUT2D eigenvalue weighted by molar-refractivity contribution is 0.0798. The largest absolute Gasteiger partial charge is 0.504 e. The van der Waals surface area contributed by atoms with Crippen molar-refractivity contribution in [1.82, 2.24) is 4.90 Å². The summed E-state index contributed by atoms with van der Waals surface area (Å²) >= 11 is 0. The molecule has 144 valence electrons. The van der Waals surface area contributed by atoms with Crippen LogP contribution < -0.4 is 14.2 Å². The molecule has 2 rings (SSSR count). The molecule has 0 radical (unpaired) electrons. The van der Waals surface area contributed by atoms with Crippen molar-refractivity contribution in [2.24, 2.45) is 0 Å². The average Bonchev–Trinajstić information content (AvgIpc) is 2.70. The average molecular weight is 371 g/mol. The van der Waals surface area contributed by atoms with Gasteiger partial charge in [-0.15, -0.1) is 0 Å². The Kier molecular flexibility index (Phi) is 6.71. The molecule has 0 saturated carbocycles. The lowest BCUT2D eigenvalue weighted by Gasteiger charge is -2.19. The first kappa shape index (κ1) is 20.2. The van der Waals surface area contributed by atoms with Crippen molar-refractivity contribution >= 4 is 11.5 Å². The van der Waals surface area contributed by atoms with Gasteiger partial charge in [-0.3, -0.25) is 4.79 Å². The highest BCUT2D eigenvalue weighted by Crippen LogP contribution is 2.31. The molecule has 0 spiro atoms. The van der Waals surface area contributed by atoms with E-state index in [1.54, 1.807) is 32.2 Å². The van der Waals surface area contributed by atoms with Gasteiger partial charge in [-0.1, -0.05) is 12.6 Å². The number of amides is 1. The summed E-state index contributed by atoms with van der Waals surface area (Å²) in [5.41, 5.74) is 2.27. The molecule has 1 N–H and O–H groups in total. The lowest BCUT2D eigenvalue weighted by atomic mass is 10.0. The first-order chi connectivity index (χ1) is 12.9. The van der Waals surface area contributed by atoms with Gasteiger partial charge in [0.25, 0.3) is 5.91 Å². The molecule has 0 aliphatic heterocycles. The summed E-state index contributed by atoms with van der Waals surface area (Å²) in [6, 6.07) is 10.2. The summed E-state index contributed by atoms with van der Waals surface area (Å²) in [5, 5.41) is 9.66. The molecule has 2 aromatic carbocycles. The SMILES string of the molecule is C=C(CCN(C)C(=O)c1ccc(O)c(OC)c1)c1ccc(OC)c(OC)c1. The van der Waals surface area contributed by atoms with Crippen LogP contribution in [0.5, 0.6) is 23.0 Å². The number of methoxy groups -OCH3 is 3. The second-order valence-electron chi connectivity index (χ2n) is 6.04. The fourth-order valence-electron chi connectivity index (χ4n) is 2.64. The highest BCUT2D eigenvalue weighted by atomic mass is 16.5. The molecule has 0 unspecified atom stereocenters. The number of carbonyl (C=O) groups excluding carboxylic acids is 1. The zero-order chi connectivity index (χ0) is 20.0. The van der Waals surface area contributed by atoms with Crippen LogP contribution in [0.15, 0.2) is 43.0 Å². The summed E-state index contributed by atoms with van der Waals surface area (Å²) in [4.78, 5) is 14.2. The van der Waals surface area contributed by atoms with Gasteiger partial charge in [0, 0.05) is 19.2 Å². The third-order valence-electron chi connectivity index (χ3n) is 4.31. The Hall–Kier alpha value is -3.15. The van der Waals surface area contributed by atoms with Gasteiger partial charge in [-0.25, -0.2) is 0 Å². The van der Waals surface area contributed by atoms with Gasteiger partial charge in [0.15, 0.2) is 23.0 Å². The molecular formula is C21H25NO5. The van der Waals surface area contributed by atoms with Gasteiger partial charge in [-0.2, -0.15) is 0 Å². The quantitative estimate of drug-likeness (QED) is 0.768. The van der Waals surface area contributed by atoms with Crippen LogP contribution in [0.3, 0.4) is 0 Å². The topological polar surface area (TPSA) is 68.2 Å². The minimum atomic E-state index is -0.159. The van der Waals surface area contributed by atoms with Crippen molar-refractivity contribution < 1.29 is 24.1 Å². The van der Waals surface area contributed by atoms with E-state index in [9.17, 15) is 9.90 Å². The summed E-state index contributed by atoms with van der Waals surface area (Å²) in [6.45, 7) is 4.61. The van der Waals surface area contributed by atoms with E-state index < -0.39 is 0 Å². The number of hydrogen-bond donors (Lipinski definition) is 1. The Balaban J connectivity index is 2.03. The van der Waals surface area contributed by atoms with Crippen LogP contribution in [0.4, 0.5) is 0 Å². The maximum atomic E-state index is 12.6. The van der Waals surface area contributed by atoms with Crippen LogP contribution in [0.2, 0.25) is 0 Å². The van der Waals surface area contributed by atoms with E-state index in [-0.39, 0.29) is 17.4 Å². The van der Waals surface area contributed by atoms with Crippen molar-refractivity contribution in [2.45, 2.75) is 6.42 Å². The van der Waals surface area contributed by atoms with E-state index in [4.69, 9.17) is 14.2 Å². The molecule has 2 aromatic rings. The van der Waals surface area contributed by atoms with Crippen molar-refractivity contribution in [1.29, 1.82) is 0 Å². The maximum absolute atomic E-state index is 12.6. The molecule has 27 heavy (non-hydrogen) atoms. The summed E-state index contributed by atoms with van der Waals surface area (Å²) in [7, 11) is 6.34. The maximum Gasteiger partial charge on any atom is 0.253 e. The number of hydrogen-bond acceptors (Lipinski definition) is 5. The molecule has 0 bridgehead atoms. The Labute approximate surface area is 159 Å². The molecule has 0 aromatic heterocycles. The predicted molar refractivity (Wildman–Crippen MR) is 105 cm³/mol. The molecule has 0 heterocycles. The first-order valence-corrected chi connectivity index (χ1v) is 8.44. The van der Waals surface area contributed by atoms with E-state index in [1.165, 1.54) is 19.2 Å². The highest BCUT2D eigenvalue weighted by molar-refractivity contribution is 5.94. The molecule has 0 fully saturated rings. The molecule has 0 saturated heterocycles. The number of benzene rings is 2. The fourth-order valence-corrected chi connectivity index (χ4v) is 2.64. The number of phenolic OH excluding ortho intramolecular Hbond substituents is 1. The number of ether oxygens (including phenoxy) is 3. The van der Waals surface area contributed by atoms with Crippen LogP contribution in [0.25, 0.3) is 5.57 Å². The third-order valence-corrected chi connectivity index (χ3v) is 4.31. The second-order valence-corrected chi connectivity index (χ2v) is 6.04. The van der Waals surface area contributed by atoms with E-state index in [2.05, 4.69) is 6.58 Å². The normalized spacial score (nSPS) is 10.2. The van der Waals surface area contributed by atoms with Crippen LogP contribution >= 0.6 is 0 Å². The Morgan fingerprint density at radius 3 is 2.19 bits per heavy atom. The molecule has 0 aliphatic carbocycles. The van der Waals surface area contributed by atoms with Crippen LogP contribution in [0.1, 0.15) is 22.3 Å². The van der Waals surface area contributed by atoms with Gasteiger partial charge in [0.1, 0.15) is 0 Å². The van der Waals surface area contributed by atoms with E-state index in [0.717, 1.165) is 11.1 Å². The lowest BCUT2D eigenvalue weighted by Crippen LogP contribution is -2.27. The van der Waals surface area contributed by atoms with Gasteiger partial charge >= 0.3 is 0 Å². The molecule has 6 nitrogen and oxygen atoms in total. The summed E-state index contributed by atoms with van der Waals surface area (Å²) in [5.74, 6) is 1.40. The minimum absolute atomic E-state index is 0.00136. The molecule has 1 amide bonds. The molecule has 0 aliphatic rings. The Morgan fingerprint density at radius 1 is 0.963 bits per heavy atom. The summed E-state index contributed by atoms with van der Waals surface area (Å²) in [6.07, 6.45) is 0.604. The minimum Gasteiger partial charge on any atom is -0.504 e. The number of nitrogens with zero attached hydrogens (tertiary/aromatic N) is 1. The highest BCUT2D eigenvalue weighted by Gasteiger charge is 2.15. The Bertz CT molecular complexity index is 831. The zero-order valence-electron chi connectivity index (χ0n) is 16.1. The van der Waals surface area contributed by atoms with Crippen molar-refractivity contribution in [3.63, 3.8) is 0 Å². The standard InChI is InChI=1S/C21H25NO5/c1-14(15-7-9-18(25-3)20(12-15)27-5)10-11-22(2)21(24)16-6-8-17(23)19(13-16)26-4/h6-9,12-13,23H,1,10-11H2,2-5H3. The number of carbonyl (C=O) groups is 1. The summed E-state index contributed by atoms with van der Waals surface area (Å²) < 4.78 is 15.6. The van der Waals surface area contributed by atoms with Crippen molar-refractivity contribution in [2.75, 3.05) is 34.9 Å². The van der Waals surface area contributed by atoms with E-state index >= 15 is 0 Å². The molecular weight excluding hydrogens is 346 g/mol. The van der Waals surface area contributed by atoms with E-state index in [0.29, 0.717) is 30.0 Å². The predicted octanol–water partition coefficient (Wildman–Crippen LogP) is 3.59. The number of rotatable bonds is 8. The van der Waals surface area contributed by atoms with Crippen LogP contribution in [-0.2, 0) is 0 Å². The first-order valence-electron chi connectivity index (χ1n) is 8.44. The Morgan fingerprint density at radius 2 is 1.56 bits per heavy atom. The van der Waals surface area contributed by atoms with Crippen LogP contribution in [-0.4, -0.2) is 50.8 Å². The fraction of sp³-hybridized carbons (Fsp3) is 0.286. The van der Waals surface area contributed by atoms with Crippen LogP contribution in [0, 0.1) is 0 Å². The molecule has 0 atom stereocenters.